The molecular weight excluding hydrogens is 236 g/mol. The Morgan fingerprint density at radius 3 is 2.32 bits per heavy atom. The van der Waals surface area contributed by atoms with Crippen LogP contribution in [0.1, 0.15) is 37.8 Å². The molecule has 3 heteroatoms. The van der Waals surface area contributed by atoms with E-state index in [1.54, 1.807) is 6.92 Å². The van der Waals surface area contributed by atoms with E-state index < -0.39 is 0 Å². The van der Waals surface area contributed by atoms with Crippen LogP contribution in [0.2, 0.25) is 0 Å². The van der Waals surface area contributed by atoms with E-state index in [0.717, 1.165) is 26.2 Å². The Labute approximate surface area is 116 Å². The van der Waals surface area contributed by atoms with Gasteiger partial charge >= 0.3 is 0 Å². The fourth-order valence-corrected chi connectivity index (χ4v) is 2.82. The average Bonchev–Trinajstić information content (AvgIpc) is 2.38. The lowest BCUT2D eigenvalue weighted by molar-refractivity contribution is -0.129. The molecule has 0 spiro atoms. The van der Waals surface area contributed by atoms with Gasteiger partial charge in [0.25, 0.3) is 0 Å². The first kappa shape index (κ1) is 13.9. The molecule has 19 heavy (non-hydrogen) atoms. The van der Waals surface area contributed by atoms with Crippen molar-refractivity contribution < 1.29 is 4.79 Å². The van der Waals surface area contributed by atoms with Gasteiger partial charge in [-0.1, -0.05) is 32.0 Å². The van der Waals surface area contributed by atoms with Gasteiger partial charge in [0.1, 0.15) is 0 Å². The first-order chi connectivity index (χ1) is 9.00. The van der Waals surface area contributed by atoms with E-state index in [1.807, 2.05) is 4.90 Å². The first-order valence-corrected chi connectivity index (χ1v) is 7.10. The smallest absolute Gasteiger partial charge is 0.219 e. The van der Waals surface area contributed by atoms with E-state index in [1.165, 1.54) is 16.8 Å². The summed E-state index contributed by atoms with van der Waals surface area (Å²) in [5, 5.41) is 0. The lowest BCUT2D eigenvalue weighted by Crippen LogP contribution is -2.48. The number of aryl methyl sites for hydroxylation is 1. The molecule has 1 saturated heterocycles. The van der Waals surface area contributed by atoms with E-state index in [0.29, 0.717) is 5.92 Å². The van der Waals surface area contributed by atoms with Gasteiger partial charge in [-0.3, -0.25) is 4.79 Å². The Morgan fingerprint density at radius 2 is 1.79 bits per heavy atom. The maximum atomic E-state index is 11.4. The van der Waals surface area contributed by atoms with Crippen LogP contribution in [0.5, 0.6) is 0 Å². The van der Waals surface area contributed by atoms with Crippen LogP contribution in [0.3, 0.4) is 0 Å². The molecule has 0 N–H and O–H groups in total. The Morgan fingerprint density at radius 1 is 1.16 bits per heavy atom. The fraction of sp³-hybridized carbons (Fsp3) is 0.562. The molecule has 1 aromatic rings. The quantitative estimate of drug-likeness (QED) is 0.816. The average molecular weight is 260 g/mol. The van der Waals surface area contributed by atoms with Crippen molar-refractivity contribution in [1.29, 1.82) is 0 Å². The summed E-state index contributed by atoms with van der Waals surface area (Å²) in [7, 11) is 0. The van der Waals surface area contributed by atoms with Crippen LogP contribution < -0.4 is 4.90 Å². The van der Waals surface area contributed by atoms with Gasteiger partial charge in [-0.2, -0.15) is 0 Å². The van der Waals surface area contributed by atoms with E-state index in [4.69, 9.17) is 0 Å². The normalized spacial score (nSPS) is 16.1. The highest BCUT2D eigenvalue weighted by atomic mass is 16.2. The summed E-state index contributed by atoms with van der Waals surface area (Å²) < 4.78 is 0. The Balaban J connectivity index is 2.22. The van der Waals surface area contributed by atoms with E-state index in [9.17, 15) is 4.79 Å². The number of hydrogen-bond acceptors (Lipinski definition) is 2. The molecule has 104 valence electrons. The summed E-state index contributed by atoms with van der Waals surface area (Å²) in [6, 6.07) is 6.54. The topological polar surface area (TPSA) is 23.6 Å². The number of carbonyl (C=O) groups excluding carboxylic acids is 1. The third-order valence-electron chi connectivity index (χ3n) is 3.93. The number of para-hydroxylation sites is 1. The molecule has 0 atom stereocenters. The van der Waals surface area contributed by atoms with Gasteiger partial charge in [0, 0.05) is 38.8 Å². The maximum Gasteiger partial charge on any atom is 0.219 e. The van der Waals surface area contributed by atoms with Gasteiger partial charge < -0.3 is 9.80 Å². The van der Waals surface area contributed by atoms with E-state index in [-0.39, 0.29) is 5.91 Å². The molecule has 3 nitrogen and oxygen atoms in total. The molecule has 0 aliphatic carbocycles. The molecule has 2 rings (SSSR count). The van der Waals surface area contributed by atoms with Crippen molar-refractivity contribution in [3.8, 4) is 0 Å². The van der Waals surface area contributed by atoms with Gasteiger partial charge in [0.05, 0.1) is 0 Å². The second-order valence-corrected chi connectivity index (χ2v) is 5.66. The lowest BCUT2D eigenvalue weighted by Gasteiger charge is -2.38. The predicted octanol–water partition coefficient (Wildman–Crippen LogP) is 2.79. The Kier molecular flexibility index (Phi) is 4.13. The minimum absolute atomic E-state index is 0.188. The number of piperazine rings is 1. The summed E-state index contributed by atoms with van der Waals surface area (Å²) >= 11 is 0. The van der Waals surface area contributed by atoms with Crippen LogP contribution in [0.15, 0.2) is 18.2 Å². The summed E-state index contributed by atoms with van der Waals surface area (Å²) in [4.78, 5) is 15.8. The third kappa shape index (κ3) is 2.91. The monoisotopic (exact) mass is 260 g/mol. The molecule has 1 fully saturated rings. The van der Waals surface area contributed by atoms with Crippen molar-refractivity contribution in [3.05, 3.63) is 29.3 Å². The number of benzene rings is 1. The minimum Gasteiger partial charge on any atom is -0.368 e. The number of carbonyl (C=O) groups is 1. The number of nitrogens with zero attached hydrogens (tertiary/aromatic N) is 2. The van der Waals surface area contributed by atoms with Crippen LogP contribution in [-0.4, -0.2) is 37.0 Å². The zero-order valence-corrected chi connectivity index (χ0v) is 12.4. The fourth-order valence-electron chi connectivity index (χ4n) is 2.82. The van der Waals surface area contributed by atoms with Gasteiger partial charge in [-0.25, -0.2) is 0 Å². The predicted molar refractivity (Wildman–Crippen MR) is 79.7 cm³/mol. The van der Waals surface area contributed by atoms with Crippen LogP contribution in [0.4, 0.5) is 5.69 Å². The molecule has 1 aliphatic rings. The molecule has 1 heterocycles. The van der Waals surface area contributed by atoms with Crippen molar-refractivity contribution in [1.82, 2.24) is 4.90 Å². The minimum atomic E-state index is 0.188. The molecule has 0 saturated carbocycles. The molecular formula is C16H24N2O. The zero-order valence-electron chi connectivity index (χ0n) is 12.4. The summed E-state index contributed by atoms with van der Waals surface area (Å²) in [5.41, 5.74) is 4.12. The van der Waals surface area contributed by atoms with Crippen LogP contribution in [0.25, 0.3) is 0 Å². The number of amides is 1. The third-order valence-corrected chi connectivity index (χ3v) is 3.93. The second-order valence-electron chi connectivity index (χ2n) is 5.66. The zero-order chi connectivity index (χ0) is 14.0. The van der Waals surface area contributed by atoms with Crippen molar-refractivity contribution in [2.45, 2.75) is 33.6 Å². The number of hydrogen-bond donors (Lipinski definition) is 0. The Bertz CT molecular complexity index is 460. The second kappa shape index (κ2) is 5.64. The van der Waals surface area contributed by atoms with Crippen LogP contribution in [-0.2, 0) is 4.79 Å². The van der Waals surface area contributed by atoms with Crippen LogP contribution >= 0.6 is 0 Å². The number of anilines is 1. The molecule has 1 amide bonds. The summed E-state index contributed by atoms with van der Waals surface area (Å²) in [5.74, 6) is 0.717. The molecule has 0 bridgehead atoms. The summed E-state index contributed by atoms with van der Waals surface area (Å²) in [6.07, 6.45) is 0. The van der Waals surface area contributed by atoms with Crippen molar-refractivity contribution >= 4 is 11.6 Å². The highest BCUT2D eigenvalue weighted by Gasteiger charge is 2.22. The Hall–Kier alpha value is -1.51. The van der Waals surface area contributed by atoms with Crippen molar-refractivity contribution in [2.75, 3.05) is 31.1 Å². The van der Waals surface area contributed by atoms with Gasteiger partial charge in [0.2, 0.25) is 5.91 Å². The highest BCUT2D eigenvalue weighted by molar-refractivity contribution is 5.73. The molecule has 0 radical (unpaired) electrons. The SMILES string of the molecule is CC(=O)N1CCN(c2c(C)cccc2C(C)C)CC1. The first-order valence-electron chi connectivity index (χ1n) is 7.10. The van der Waals surface area contributed by atoms with E-state index in [2.05, 4.69) is 43.9 Å². The lowest BCUT2D eigenvalue weighted by atomic mass is 9.97. The van der Waals surface area contributed by atoms with E-state index >= 15 is 0 Å². The molecule has 0 aromatic heterocycles. The van der Waals surface area contributed by atoms with Crippen molar-refractivity contribution in [3.63, 3.8) is 0 Å². The maximum absolute atomic E-state index is 11.4. The standard InChI is InChI=1S/C16H24N2O/c1-12(2)15-7-5-6-13(3)16(15)18-10-8-17(9-11-18)14(4)19/h5-7,12H,8-11H2,1-4H3. The number of rotatable bonds is 2. The molecule has 1 aliphatic heterocycles. The molecule has 0 unspecified atom stereocenters. The molecule has 1 aromatic carbocycles. The van der Waals surface area contributed by atoms with Crippen LogP contribution in [0, 0.1) is 6.92 Å². The van der Waals surface area contributed by atoms with Crippen molar-refractivity contribution in [2.24, 2.45) is 0 Å². The van der Waals surface area contributed by atoms with Gasteiger partial charge in [-0.15, -0.1) is 0 Å². The highest BCUT2D eigenvalue weighted by Crippen LogP contribution is 2.31. The van der Waals surface area contributed by atoms with Gasteiger partial charge in [-0.05, 0) is 24.0 Å². The van der Waals surface area contributed by atoms with Gasteiger partial charge in [0.15, 0.2) is 0 Å². The summed E-state index contributed by atoms with van der Waals surface area (Å²) in [6.45, 7) is 11.9. The largest absolute Gasteiger partial charge is 0.368 e.